The van der Waals surface area contributed by atoms with E-state index in [1.54, 1.807) is 10.8 Å². The molecule has 10 heteroatoms. The van der Waals surface area contributed by atoms with E-state index in [1.165, 1.54) is 6.33 Å². The number of nitrogens with zero attached hydrogens (tertiary/aromatic N) is 6. The van der Waals surface area contributed by atoms with Gasteiger partial charge in [-0.1, -0.05) is 0 Å². The van der Waals surface area contributed by atoms with Gasteiger partial charge in [0.05, 0.1) is 11.6 Å². The minimum absolute atomic E-state index is 0.213. The molecule has 0 aromatic carbocycles. The maximum absolute atomic E-state index is 12.8. The van der Waals surface area contributed by atoms with Crippen molar-refractivity contribution in [2.24, 2.45) is 5.92 Å². The van der Waals surface area contributed by atoms with Gasteiger partial charge in [-0.25, -0.2) is 15.0 Å². The van der Waals surface area contributed by atoms with Crippen LogP contribution in [0.5, 0.6) is 0 Å². The standard InChI is InChI=1S/C15H16F3N7/c1-24(14-10-4-21-23-13(10)19-8-20-14)5-9-2-3-12-22-11(15(16,17)18)7-25(12)6-9/h4,7-9H,2-3,5-6H2,1H3,(H,19,20,21,23)/t9-/m1/s1. The third-order valence-electron chi connectivity index (χ3n) is 4.50. The monoisotopic (exact) mass is 351 g/mol. The van der Waals surface area contributed by atoms with Gasteiger partial charge in [-0.3, -0.25) is 5.10 Å². The Morgan fingerprint density at radius 3 is 3.00 bits per heavy atom. The van der Waals surface area contributed by atoms with Crippen LogP contribution in [0.1, 0.15) is 17.9 Å². The van der Waals surface area contributed by atoms with Crippen LogP contribution in [-0.2, 0) is 19.1 Å². The van der Waals surface area contributed by atoms with Gasteiger partial charge in [0.25, 0.3) is 0 Å². The second kappa shape index (κ2) is 5.71. The van der Waals surface area contributed by atoms with Crippen molar-refractivity contribution < 1.29 is 13.2 Å². The van der Waals surface area contributed by atoms with E-state index >= 15 is 0 Å². The van der Waals surface area contributed by atoms with Crippen molar-refractivity contribution in [3.8, 4) is 0 Å². The van der Waals surface area contributed by atoms with Crippen molar-refractivity contribution in [1.82, 2.24) is 29.7 Å². The van der Waals surface area contributed by atoms with Crippen LogP contribution >= 0.6 is 0 Å². The highest BCUT2D eigenvalue weighted by molar-refractivity contribution is 5.85. The van der Waals surface area contributed by atoms with Gasteiger partial charge in [-0.2, -0.15) is 18.3 Å². The Morgan fingerprint density at radius 2 is 2.20 bits per heavy atom. The van der Waals surface area contributed by atoms with E-state index in [9.17, 15) is 13.2 Å². The molecule has 1 aliphatic heterocycles. The van der Waals surface area contributed by atoms with E-state index in [0.717, 1.165) is 23.8 Å². The van der Waals surface area contributed by atoms with Crippen LogP contribution in [0, 0.1) is 5.92 Å². The third-order valence-corrected chi connectivity index (χ3v) is 4.50. The summed E-state index contributed by atoms with van der Waals surface area (Å²) in [5.41, 5.74) is -0.153. The van der Waals surface area contributed by atoms with Crippen molar-refractivity contribution in [1.29, 1.82) is 0 Å². The van der Waals surface area contributed by atoms with Crippen LogP contribution in [0.15, 0.2) is 18.7 Å². The molecule has 0 saturated heterocycles. The minimum Gasteiger partial charge on any atom is -0.359 e. The molecule has 1 atom stereocenters. The van der Waals surface area contributed by atoms with Crippen LogP contribution in [0.3, 0.4) is 0 Å². The molecule has 0 radical (unpaired) electrons. The summed E-state index contributed by atoms with van der Waals surface area (Å²) in [6.07, 6.45) is 1.19. The van der Waals surface area contributed by atoms with Crippen molar-refractivity contribution in [3.05, 3.63) is 30.2 Å². The molecule has 0 unspecified atom stereocenters. The number of imidazole rings is 1. The number of H-pyrrole nitrogens is 1. The smallest absolute Gasteiger partial charge is 0.359 e. The number of aromatic nitrogens is 6. The highest BCUT2D eigenvalue weighted by Crippen LogP contribution is 2.31. The van der Waals surface area contributed by atoms with Gasteiger partial charge in [-0.05, 0) is 12.3 Å². The van der Waals surface area contributed by atoms with Gasteiger partial charge >= 0.3 is 6.18 Å². The molecule has 25 heavy (non-hydrogen) atoms. The molecule has 3 aromatic heterocycles. The Morgan fingerprint density at radius 1 is 1.36 bits per heavy atom. The predicted molar refractivity (Wildman–Crippen MR) is 84.0 cm³/mol. The normalized spacial score (nSPS) is 17.7. The van der Waals surface area contributed by atoms with E-state index in [4.69, 9.17) is 0 Å². The number of alkyl halides is 3. The molecule has 0 bridgehead atoms. The van der Waals surface area contributed by atoms with E-state index < -0.39 is 11.9 Å². The second-order valence-corrected chi connectivity index (χ2v) is 6.31. The van der Waals surface area contributed by atoms with Gasteiger partial charge in [0, 0.05) is 32.8 Å². The van der Waals surface area contributed by atoms with E-state index in [-0.39, 0.29) is 5.92 Å². The Kier molecular flexibility index (Phi) is 3.62. The SMILES string of the molecule is CN(C[C@H]1CCc2nc(C(F)(F)F)cn2C1)c1ncnc2[nH]ncc12. The van der Waals surface area contributed by atoms with Crippen molar-refractivity contribution >= 4 is 16.9 Å². The zero-order valence-corrected chi connectivity index (χ0v) is 13.5. The zero-order valence-electron chi connectivity index (χ0n) is 13.5. The van der Waals surface area contributed by atoms with Gasteiger partial charge in [0.2, 0.25) is 0 Å². The maximum atomic E-state index is 12.8. The predicted octanol–water partition coefficient (Wildman–Crippen LogP) is 2.27. The van der Waals surface area contributed by atoms with Gasteiger partial charge in [0.15, 0.2) is 11.3 Å². The highest BCUT2D eigenvalue weighted by Gasteiger charge is 2.35. The molecule has 1 N–H and O–H groups in total. The quantitative estimate of drug-likeness (QED) is 0.783. The molecular weight excluding hydrogens is 335 g/mol. The first-order valence-corrected chi connectivity index (χ1v) is 7.90. The molecule has 0 saturated carbocycles. The molecule has 7 nitrogen and oxygen atoms in total. The number of halogens is 3. The highest BCUT2D eigenvalue weighted by atomic mass is 19.4. The zero-order chi connectivity index (χ0) is 17.6. The largest absolute Gasteiger partial charge is 0.434 e. The molecule has 132 valence electrons. The fraction of sp³-hybridized carbons (Fsp3) is 0.467. The lowest BCUT2D eigenvalue weighted by Crippen LogP contribution is -2.32. The van der Waals surface area contributed by atoms with Crippen molar-refractivity contribution in [2.45, 2.75) is 25.6 Å². The number of rotatable bonds is 3. The summed E-state index contributed by atoms with van der Waals surface area (Å²) in [5, 5.41) is 7.60. The van der Waals surface area contributed by atoms with Crippen molar-refractivity contribution in [2.75, 3.05) is 18.5 Å². The Bertz CT molecular complexity index is 898. The lowest BCUT2D eigenvalue weighted by molar-refractivity contribution is -0.141. The molecule has 4 heterocycles. The molecule has 1 aliphatic rings. The lowest BCUT2D eigenvalue weighted by Gasteiger charge is -2.28. The van der Waals surface area contributed by atoms with Crippen molar-refractivity contribution in [3.63, 3.8) is 0 Å². The number of aryl methyl sites for hydroxylation is 1. The Labute approximate surface area is 140 Å². The van der Waals surface area contributed by atoms with Crippen LogP contribution in [-0.4, -0.2) is 43.3 Å². The fourth-order valence-electron chi connectivity index (χ4n) is 3.33. The summed E-state index contributed by atoms with van der Waals surface area (Å²) in [6.45, 7) is 1.19. The molecular formula is C15H16F3N7. The molecule has 0 aliphatic carbocycles. The molecule has 0 amide bonds. The topological polar surface area (TPSA) is 75.5 Å². The van der Waals surface area contributed by atoms with E-state index in [1.807, 2.05) is 11.9 Å². The molecule has 4 rings (SSSR count). The number of hydrogen-bond donors (Lipinski definition) is 1. The van der Waals surface area contributed by atoms with Gasteiger partial charge in [-0.15, -0.1) is 0 Å². The first-order valence-electron chi connectivity index (χ1n) is 7.90. The van der Waals surface area contributed by atoms with Crippen LogP contribution in [0.2, 0.25) is 0 Å². The first kappa shape index (κ1) is 15.9. The summed E-state index contributed by atoms with van der Waals surface area (Å²) in [6, 6.07) is 0. The summed E-state index contributed by atoms with van der Waals surface area (Å²) in [7, 11) is 1.92. The number of fused-ring (bicyclic) bond motifs is 2. The second-order valence-electron chi connectivity index (χ2n) is 6.31. The van der Waals surface area contributed by atoms with Crippen LogP contribution in [0.4, 0.5) is 19.0 Å². The lowest BCUT2D eigenvalue weighted by atomic mass is 9.99. The maximum Gasteiger partial charge on any atom is 0.434 e. The molecule has 0 fully saturated rings. The first-order chi connectivity index (χ1) is 11.9. The summed E-state index contributed by atoms with van der Waals surface area (Å²) >= 11 is 0. The summed E-state index contributed by atoms with van der Waals surface area (Å²) in [5.74, 6) is 1.47. The minimum atomic E-state index is -4.40. The number of aromatic amines is 1. The average molecular weight is 351 g/mol. The Hall–Kier alpha value is -2.65. The van der Waals surface area contributed by atoms with Gasteiger partial charge in [0.1, 0.15) is 18.0 Å². The Balaban J connectivity index is 1.51. The molecule has 3 aromatic rings. The third kappa shape index (κ3) is 2.92. The summed E-state index contributed by atoms with van der Waals surface area (Å²) < 4.78 is 40.1. The molecule has 0 spiro atoms. The number of nitrogens with one attached hydrogen (secondary N) is 1. The fourth-order valence-corrected chi connectivity index (χ4v) is 3.33. The number of hydrogen-bond acceptors (Lipinski definition) is 5. The van der Waals surface area contributed by atoms with Crippen LogP contribution < -0.4 is 4.90 Å². The number of anilines is 1. The van der Waals surface area contributed by atoms with E-state index in [0.29, 0.717) is 31.0 Å². The van der Waals surface area contributed by atoms with Gasteiger partial charge < -0.3 is 9.47 Å². The summed E-state index contributed by atoms with van der Waals surface area (Å²) in [4.78, 5) is 14.1. The van der Waals surface area contributed by atoms with E-state index in [2.05, 4.69) is 25.1 Å². The average Bonchev–Trinajstić information content (AvgIpc) is 3.20. The van der Waals surface area contributed by atoms with Crippen LogP contribution in [0.25, 0.3) is 11.0 Å².